The van der Waals surface area contributed by atoms with Crippen LogP contribution < -0.4 is 9.64 Å². The van der Waals surface area contributed by atoms with Crippen LogP contribution in [-0.4, -0.2) is 86.5 Å². The minimum atomic E-state index is -1.02. The van der Waals surface area contributed by atoms with Crippen LogP contribution in [0, 0.1) is 11.6 Å². The molecule has 4 aromatic rings. The van der Waals surface area contributed by atoms with Crippen molar-refractivity contribution in [2.24, 2.45) is 0 Å². The third kappa shape index (κ3) is 5.81. The summed E-state index contributed by atoms with van der Waals surface area (Å²) in [6.45, 7) is 6.20. The van der Waals surface area contributed by atoms with Gasteiger partial charge in [0.15, 0.2) is 12.0 Å². The van der Waals surface area contributed by atoms with Gasteiger partial charge in [0.05, 0.1) is 33.4 Å². The molecule has 8 rings (SSSR count). The van der Waals surface area contributed by atoms with E-state index in [0.29, 0.717) is 60.4 Å². The third-order valence-electron chi connectivity index (χ3n) is 11.0. The first kappa shape index (κ1) is 33.7. The molecular formula is C37H42ClF3N6O3. The Kier molecular flexibility index (Phi) is 8.72. The Labute approximate surface area is 294 Å². The molecule has 0 bridgehead atoms. The molecule has 0 spiro atoms. The molecular weight excluding hydrogens is 669 g/mol. The average Bonchev–Trinajstić information content (AvgIpc) is 3.77. The number of β-amino-alcohol motifs (C(OH)–C–C–N with tert-alkyl or cyclic N) is 1. The number of ether oxygens (including phenoxy) is 2. The molecule has 50 heavy (non-hydrogen) atoms. The van der Waals surface area contributed by atoms with Gasteiger partial charge < -0.3 is 19.5 Å². The van der Waals surface area contributed by atoms with Crippen molar-refractivity contribution >= 4 is 45.3 Å². The predicted octanol–water partition coefficient (Wildman–Crippen LogP) is 7.62. The highest BCUT2D eigenvalue weighted by molar-refractivity contribution is 6.34. The molecule has 0 saturated carbocycles. The maximum absolute atomic E-state index is 17.3. The lowest BCUT2D eigenvalue weighted by Gasteiger charge is -2.38. The van der Waals surface area contributed by atoms with E-state index in [9.17, 15) is 9.50 Å². The summed E-state index contributed by atoms with van der Waals surface area (Å²) in [5, 5.41) is 16.6. The molecule has 0 aliphatic carbocycles. The Morgan fingerprint density at radius 3 is 2.72 bits per heavy atom. The van der Waals surface area contributed by atoms with E-state index in [-0.39, 0.29) is 53.2 Å². The van der Waals surface area contributed by atoms with Gasteiger partial charge in [-0.3, -0.25) is 4.90 Å². The summed E-state index contributed by atoms with van der Waals surface area (Å²) in [4.78, 5) is 13.2. The molecule has 6 heterocycles. The molecule has 2 aromatic carbocycles. The first-order valence-corrected chi connectivity index (χ1v) is 18.1. The van der Waals surface area contributed by atoms with E-state index in [1.54, 1.807) is 36.0 Å². The number of hydrogen-bond acceptors (Lipinski definition) is 8. The van der Waals surface area contributed by atoms with Crippen molar-refractivity contribution in [1.29, 1.82) is 0 Å². The topological polar surface area (TPSA) is 88.8 Å². The predicted molar refractivity (Wildman–Crippen MR) is 187 cm³/mol. The van der Waals surface area contributed by atoms with Crippen LogP contribution in [0.1, 0.15) is 77.0 Å². The summed E-state index contributed by atoms with van der Waals surface area (Å²) < 4.78 is 62.6. The van der Waals surface area contributed by atoms with Gasteiger partial charge in [-0.2, -0.15) is 15.1 Å². The third-order valence-corrected chi connectivity index (χ3v) is 11.3. The minimum absolute atomic E-state index is 0.0788. The second-order valence-electron chi connectivity index (χ2n) is 14.6. The van der Waals surface area contributed by atoms with Gasteiger partial charge in [0, 0.05) is 54.6 Å². The SMILES string of the molecule is C/C=C\c1c(Cl)cc2c(cnn2C2CCCCO2)c1-c1c(F)cc2c(N3CCC[C@@](C)(O)C3)nc(OC[C@@]34CCCN3C[C@H](F)C4)nc2c1F. The van der Waals surface area contributed by atoms with Gasteiger partial charge in [-0.25, -0.2) is 17.9 Å². The molecule has 4 atom stereocenters. The zero-order valence-corrected chi connectivity index (χ0v) is 29.2. The second-order valence-corrected chi connectivity index (χ2v) is 15.1. The maximum atomic E-state index is 17.3. The Balaban J connectivity index is 1.30. The number of allylic oxidation sites excluding steroid dienone is 1. The van der Waals surface area contributed by atoms with E-state index in [2.05, 4.69) is 15.0 Å². The highest BCUT2D eigenvalue weighted by Crippen LogP contribution is 2.45. The van der Waals surface area contributed by atoms with E-state index in [1.807, 2.05) is 11.8 Å². The number of aliphatic hydroxyl groups is 1. The summed E-state index contributed by atoms with van der Waals surface area (Å²) in [6.07, 6.45) is 9.87. The van der Waals surface area contributed by atoms with Crippen LogP contribution in [0.2, 0.25) is 5.02 Å². The van der Waals surface area contributed by atoms with E-state index >= 15 is 8.78 Å². The molecule has 9 nitrogen and oxygen atoms in total. The van der Waals surface area contributed by atoms with Gasteiger partial charge in [-0.05, 0) is 77.5 Å². The first-order valence-electron chi connectivity index (χ1n) is 17.7. The fourth-order valence-electron chi connectivity index (χ4n) is 8.66. The van der Waals surface area contributed by atoms with Crippen LogP contribution in [0.25, 0.3) is 39.0 Å². The van der Waals surface area contributed by atoms with Crippen molar-refractivity contribution in [3.63, 3.8) is 0 Å². The molecule has 4 fully saturated rings. The number of benzene rings is 2. The smallest absolute Gasteiger partial charge is 0.319 e. The zero-order valence-electron chi connectivity index (χ0n) is 28.4. The number of fused-ring (bicyclic) bond motifs is 3. The van der Waals surface area contributed by atoms with Crippen LogP contribution in [0.15, 0.2) is 24.4 Å². The summed E-state index contributed by atoms with van der Waals surface area (Å²) in [5.41, 5.74) is -0.598. The molecule has 13 heteroatoms. The Hall–Kier alpha value is -3.45. The number of aromatic nitrogens is 4. The van der Waals surface area contributed by atoms with Crippen LogP contribution in [0.5, 0.6) is 6.01 Å². The van der Waals surface area contributed by atoms with Crippen molar-refractivity contribution in [3.05, 3.63) is 46.6 Å². The quantitative estimate of drug-likeness (QED) is 0.210. The number of piperidine rings is 1. The molecule has 4 saturated heterocycles. The van der Waals surface area contributed by atoms with Crippen LogP contribution >= 0.6 is 11.6 Å². The van der Waals surface area contributed by atoms with Crippen molar-refractivity contribution < 1.29 is 27.8 Å². The Morgan fingerprint density at radius 2 is 1.94 bits per heavy atom. The number of alkyl halides is 1. The molecule has 2 aromatic heterocycles. The second kappa shape index (κ2) is 13.0. The fourth-order valence-corrected chi connectivity index (χ4v) is 8.92. The van der Waals surface area contributed by atoms with Gasteiger partial charge in [0.2, 0.25) is 0 Å². The van der Waals surface area contributed by atoms with E-state index in [4.69, 9.17) is 26.1 Å². The largest absolute Gasteiger partial charge is 0.461 e. The highest BCUT2D eigenvalue weighted by Gasteiger charge is 2.49. The molecule has 1 N–H and O–H groups in total. The summed E-state index contributed by atoms with van der Waals surface area (Å²) >= 11 is 6.88. The van der Waals surface area contributed by atoms with Crippen LogP contribution in [0.3, 0.4) is 0 Å². The summed E-state index contributed by atoms with van der Waals surface area (Å²) in [7, 11) is 0. The molecule has 1 unspecified atom stereocenters. The first-order chi connectivity index (χ1) is 24.1. The van der Waals surface area contributed by atoms with Gasteiger partial charge >= 0.3 is 6.01 Å². The molecule has 0 amide bonds. The van der Waals surface area contributed by atoms with E-state index in [0.717, 1.165) is 38.6 Å². The number of hydrogen-bond donors (Lipinski definition) is 1. The normalized spacial score (nSPS) is 27.6. The monoisotopic (exact) mass is 710 g/mol. The van der Waals surface area contributed by atoms with Crippen molar-refractivity contribution in [2.75, 3.05) is 44.3 Å². The van der Waals surface area contributed by atoms with Crippen molar-refractivity contribution in [2.45, 2.75) is 88.8 Å². The standard InChI is InChI=1S/C37H42ClF3N6O3/c1-3-8-23-26(38)16-28-25(18-42-47(28)29-9-4-5-14-49-29)30(23)31-27(40)15-24-33(32(31)41)43-35(44-34(24)45-12-6-10-36(2,48)20-45)50-21-37-11-7-13-46(37)19-22(39)17-37/h3,8,15-16,18,22,29,48H,4-7,9-14,17,19-21H2,1-2H3/b8-3-/t22-,29?,36-,37+/m1/s1. The molecule has 266 valence electrons. The lowest BCUT2D eigenvalue weighted by molar-refractivity contribution is -0.0366. The van der Waals surface area contributed by atoms with Crippen LogP contribution in [-0.2, 0) is 4.74 Å². The lowest BCUT2D eigenvalue weighted by atomic mass is 9.93. The lowest BCUT2D eigenvalue weighted by Crippen LogP contribution is -2.46. The summed E-state index contributed by atoms with van der Waals surface area (Å²) in [5.74, 6) is -1.43. The highest BCUT2D eigenvalue weighted by atomic mass is 35.5. The number of anilines is 1. The maximum Gasteiger partial charge on any atom is 0.319 e. The van der Waals surface area contributed by atoms with Gasteiger partial charge in [0.25, 0.3) is 0 Å². The zero-order chi connectivity index (χ0) is 34.8. The summed E-state index contributed by atoms with van der Waals surface area (Å²) in [6, 6.07) is 2.95. The van der Waals surface area contributed by atoms with Gasteiger partial charge in [-0.15, -0.1) is 0 Å². The average molecular weight is 711 g/mol. The van der Waals surface area contributed by atoms with Gasteiger partial charge in [-0.1, -0.05) is 23.8 Å². The van der Waals surface area contributed by atoms with Crippen molar-refractivity contribution in [1.82, 2.24) is 24.6 Å². The Morgan fingerprint density at radius 1 is 1.10 bits per heavy atom. The number of halogens is 4. The minimum Gasteiger partial charge on any atom is -0.461 e. The van der Waals surface area contributed by atoms with E-state index in [1.165, 1.54) is 6.07 Å². The van der Waals surface area contributed by atoms with E-state index < -0.39 is 28.9 Å². The van der Waals surface area contributed by atoms with Crippen molar-refractivity contribution in [3.8, 4) is 17.1 Å². The Bertz CT molecular complexity index is 1980. The van der Waals surface area contributed by atoms with Gasteiger partial charge in [0.1, 0.15) is 29.9 Å². The number of nitrogens with zero attached hydrogens (tertiary/aromatic N) is 6. The fraction of sp³-hybridized carbons (Fsp3) is 0.541. The number of rotatable bonds is 7. The molecule has 4 aliphatic rings. The molecule has 0 radical (unpaired) electrons. The molecule has 4 aliphatic heterocycles. The van der Waals surface area contributed by atoms with Crippen LogP contribution in [0.4, 0.5) is 19.0 Å².